The lowest BCUT2D eigenvalue weighted by atomic mass is 10.3. The van der Waals surface area contributed by atoms with E-state index in [1.165, 1.54) is 4.31 Å². The Morgan fingerprint density at radius 1 is 1.47 bits per heavy atom. The van der Waals surface area contributed by atoms with Gasteiger partial charge in [0.15, 0.2) is 0 Å². The van der Waals surface area contributed by atoms with Gasteiger partial charge in [-0.3, -0.25) is 4.79 Å². The Morgan fingerprint density at radius 3 is 2.63 bits per heavy atom. The minimum Gasteiger partial charge on any atom is -0.465 e. The molecule has 0 radical (unpaired) electrons. The van der Waals surface area contributed by atoms with Gasteiger partial charge in [-0.2, -0.15) is 4.31 Å². The van der Waals surface area contributed by atoms with Crippen LogP contribution in [0.2, 0.25) is 0 Å². The van der Waals surface area contributed by atoms with Gasteiger partial charge in [-0.1, -0.05) is 0 Å². The summed E-state index contributed by atoms with van der Waals surface area (Å²) >= 11 is 0. The normalized spacial score (nSPS) is 20.2. The molecule has 1 aliphatic heterocycles. The Morgan fingerprint density at radius 2 is 2.16 bits per heavy atom. The van der Waals surface area contributed by atoms with Gasteiger partial charge >= 0.3 is 5.97 Å². The van der Waals surface area contributed by atoms with E-state index >= 15 is 0 Å². The van der Waals surface area contributed by atoms with Crippen LogP contribution < -0.4 is 0 Å². The van der Waals surface area contributed by atoms with Gasteiger partial charge in [-0.25, -0.2) is 8.42 Å². The van der Waals surface area contributed by atoms with E-state index in [0.717, 1.165) is 12.8 Å². The molecule has 0 aliphatic carbocycles. The molecule has 19 heavy (non-hydrogen) atoms. The largest absolute Gasteiger partial charge is 0.465 e. The first-order chi connectivity index (χ1) is 8.86. The highest BCUT2D eigenvalue weighted by atomic mass is 32.2. The summed E-state index contributed by atoms with van der Waals surface area (Å²) in [6.07, 6.45) is 1.39. The molecule has 7 heteroatoms. The lowest BCUT2D eigenvalue weighted by Gasteiger charge is -2.26. The van der Waals surface area contributed by atoms with E-state index in [1.54, 1.807) is 20.8 Å². The lowest BCUT2D eigenvalue weighted by molar-refractivity contribution is -0.143. The van der Waals surface area contributed by atoms with Crippen LogP contribution in [0.15, 0.2) is 0 Å². The van der Waals surface area contributed by atoms with Crippen LogP contribution in [0.3, 0.4) is 0 Å². The van der Waals surface area contributed by atoms with E-state index in [9.17, 15) is 13.2 Å². The fraction of sp³-hybridized carbons (Fsp3) is 0.917. The third-order valence-electron chi connectivity index (χ3n) is 2.94. The Hall–Kier alpha value is -0.660. The molecule has 1 fully saturated rings. The molecule has 1 unspecified atom stereocenters. The van der Waals surface area contributed by atoms with Crippen molar-refractivity contribution in [2.24, 2.45) is 0 Å². The molecule has 0 bridgehead atoms. The molecule has 1 rings (SSSR count). The maximum Gasteiger partial charge on any atom is 0.321 e. The molecule has 0 saturated carbocycles. The quantitative estimate of drug-likeness (QED) is 0.648. The van der Waals surface area contributed by atoms with Crippen LogP contribution in [-0.4, -0.2) is 56.3 Å². The minimum absolute atomic E-state index is 0.0649. The summed E-state index contributed by atoms with van der Waals surface area (Å²) in [5.41, 5.74) is 0. The summed E-state index contributed by atoms with van der Waals surface area (Å²) in [5.74, 6) is -0.586. The Balaban J connectivity index is 2.70. The van der Waals surface area contributed by atoms with Crippen molar-refractivity contribution in [2.75, 3.05) is 25.5 Å². The van der Waals surface area contributed by atoms with Gasteiger partial charge in [-0.15, -0.1) is 0 Å². The van der Waals surface area contributed by atoms with Crippen molar-refractivity contribution in [2.45, 2.75) is 45.8 Å². The van der Waals surface area contributed by atoms with Crippen molar-refractivity contribution in [3.8, 4) is 0 Å². The van der Waals surface area contributed by atoms with Crippen molar-refractivity contribution in [3.05, 3.63) is 0 Å². The molecular formula is C12H23NO5S. The van der Waals surface area contributed by atoms with Gasteiger partial charge < -0.3 is 9.47 Å². The summed E-state index contributed by atoms with van der Waals surface area (Å²) in [6, 6.07) is -0.282. The summed E-state index contributed by atoms with van der Waals surface area (Å²) in [5, 5.41) is 0. The molecule has 1 aliphatic rings. The molecule has 0 aromatic carbocycles. The molecule has 0 aromatic rings. The number of esters is 1. The number of nitrogens with zero attached hydrogens (tertiary/aromatic N) is 1. The van der Waals surface area contributed by atoms with Crippen molar-refractivity contribution in [1.29, 1.82) is 0 Å². The van der Waals surface area contributed by atoms with Crippen LogP contribution in [0, 0.1) is 0 Å². The highest BCUT2D eigenvalue weighted by Gasteiger charge is 2.31. The molecule has 0 N–H and O–H groups in total. The van der Waals surface area contributed by atoms with Crippen LogP contribution >= 0.6 is 0 Å². The number of hydrogen-bond acceptors (Lipinski definition) is 5. The number of sulfonamides is 1. The van der Waals surface area contributed by atoms with Crippen LogP contribution in [-0.2, 0) is 24.3 Å². The smallest absolute Gasteiger partial charge is 0.321 e. The second-order valence-corrected chi connectivity index (χ2v) is 6.82. The molecule has 0 amide bonds. The monoisotopic (exact) mass is 293 g/mol. The molecule has 6 nitrogen and oxygen atoms in total. The summed E-state index contributed by atoms with van der Waals surface area (Å²) in [6.45, 7) is 5.80. The molecule has 1 heterocycles. The zero-order chi connectivity index (χ0) is 14.5. The topological polar surface area (TPSA) is 72.9 Å². The van der Waals surface area contributed by atoms with E-state index in [2.05, 4.69) is 0 Å². The average molecular weight is 293 g/mol. The molecule has 112 valence electrons. The standard InChI is InChI=1S/C12H23NO5S/c1-4-17-12(14)8-13(10(2)3)19(15,16)9-11-6-5-7-18-11/h10-11H,4-9H2,1-3H3. The van der Waals surface area contributed by atoms with Crippen molar-refractivity contribution in [1.82, 2.24) is 4.31 Å². The van der Waals surface area contributed by atoms with E-state index in [4.69, 9.17) is 9.47 Å². The maximum absolute atomic E-state index is 12.3. The number of carbonyl (C=O) groups is 1. The van der Waals surface area contributed by atoms with Gasteiger partial charge in [0.1, 0.15) is 6.54 Å². The van der Waals surface area contributed by atoms with E-state index in [0.29, 0.717) is 6.61 Å². The Bertz CT molecular complexity index is 387. The van der Waals surface area contributed by atoms with Gasteiger partial charge in [0, 0.05) is 12.6 Å². The van der Waals surface area contributed by atoms with E-state index in [-0.39, 0.29) is 31.1 Å². The van der Waals surface area contributed by atoms with Gasteiger partial charge in [0.25, 0.3) is 0 Å². The molecule has 1 atom stereocenters. The fourth-order valence-corrected chi connectivity index (χ4v) is 3.91. The van der Waals surface area contributed by atoms with Crippen molar-refractivity contribution in [3.63, 3.8) is 0 Å². The first-order valence-corrected chi connectivity index (χ1v) is 8.24. The summed E-state index contributed by atoms with van der Waals surface area (Å²) in [7, 11) is -3.51. The zero-order valence-electron chi connectivity index (χ0n) is 11.8. The van der Waals surface area contributed by atoms with Crippen LogP contribution in [0.4, 0.5) is 0 Å². The van der Waals surface area contributed by atoms with Crippen molar-refractivity contribution >= 4 is 16.0 Å². The number of ether oxygens (including phenoxy) is 2. The minimum atomic E-state index is -3.51. The van der Waals surface area contributed by atoms with E-state index in [1.807, 2.05) is 0 Å². The number of carbonyl (C=O) groups excluding carboxylic acids is 1. The third-order valence-corrected chi connectivity index (χ3v) is 5.00. The average Bonchev–Trinajstić information content (AvgIpc) is 2.77. The van der Waals surface area contributed by atoms with Gasteiger partial charge in [-0.05, 0) is 33.6 Å². The van der Waals surface area contributed by atoms with Crippen LogP contribution in [0.1, 0.15) is 33.6 Å². The van der Waals surface area contributed by atoms with Gasteiger partial charge in [0.2, 0.25) is 10.0 Å². The van der Waals surface area contributed by atoms with E-state index < -0.39 is 16.0 Å². The predicted molar refractivity (Wildman–Crippen MR) is 71.2 cm³/mol. The Kier molecular flexibility index (Phi) is 6.22. The summed E-state index contributed by atoms with van der Waals surface area (Å²) in [4.78, 5) is 11.5. The van der Waals surface area contributed by atoms with Crippen LogP contribution in [0.5, 0.6) is 0 Å². The second kappa shape index (κ2) is 7.21. The number of rotatable bonds is 7. The van der Waals surface area contributed by atoms with Gasteiger partial charge in [0.05, 0.1) is 18.5 Å². The first-order valence-electron chi connectivity index (χ1n) is 6.63. The second-order valence-electron chi connectivity index (χ2n) is 4.86. The SMILES string of the molecule is CCOC(=O)CN(C(C)C)S(=O)(=O)CC1CCCO1. The fourth-order valence-electron chi connectivity index (χ4n) is 2.04. The molecular weight excluding hydrogens is 270 g/mol. The predicted octanol–water partition coefficient (Wildman–Crippen LogP) is 0.769. The van der Waals surface area contributed by atoms with Crippen LogP contribution in [0.25, 0.3) is 0 Å². The third kappa shape index (κ3) is 5.08. The molecule has 0 aromatic heterocycles. The first kappa shape index (κ1) is 16.4. The molecule has 0 spiro atoms. The highest BCUT2D eigenvalue weighted by Crippen LogP contribution is 2.17. The number of hydrogen-bond donors (Lipinski definition) is 0. The summed E-state index contributed by atoms with van der Waals surface area (Å²) < 4.78 is 36.0. The lowest BCUT2D eigenvalue weighted by Crippen LogP contribution is -2.44. The van der Waals surface area contributed by atoms with Crippen molar-refractivity contribution < 1.29 is 22.7 Å². The maximum atomic E-state index is 12.3. The molecule has 1 saturated heterocycles. The Labute approximate surface area is 115 Å². The highest BCUT2D eigenvalue weighted by molar-refractivity contribution is 7.89. The zero-order valence-corrected chi connectivity index (χ0v) is 12.6.